The van der Waals surface area contributed by atoms with E-state index in [0.29, 0.717) is 5.92 Å². The van der Waals surface area contributed by atoms with Crippen LogP contribution in [0.4, 0.5) is 0 Å². The maximum Gasteiger partial charge on any atom is 0.364 e. The summed E-state index contributed by atoms with van der Waals surface area (Å²) in [7, 11) is 0. The van der Waals surface area contributed by atoms with Crippen LogP contribution in [0, 0.1) is 5.92 Å². The van der Waals surface area contributed by atoms with Crippen LogP contribution in [0.2, 0.25) is 0 Å². The Morgan fingerprint density at radius 2 is 1.94 bits per heavy atom. The molecule has 1 aliphatic rings. The van der Waals surface area contributed by atoms with E-state index in [1.54, 1.807) is 6.92 Å². The van der Waals surface area contributed by atoms with Crippen molar-refractivity contribution < 1.29 is 19.2 Å². The molecular weight excluding hydrogens is 234 g/mol. The Labute approximate surface area is 108 Å². The maximum atomic E-state index is 11.5. The van der Waals surface area contributed by atoms with E-state index in [0.717, 1.165) is 19.3 Å². The molecule has 0 bridgehead atoms. The average Bonchev–Trinajstić information content (AvgIpc) is 2.31. The summed E-state index contributed by atoms with van der Waals surface area (Å²) in [5, 5.41) is 3.71. The van der Waals surface area contributed by atoms with Gasteiger partial charge in [0.25, 0.3) is 0 Å². The van der Waals surface area contributed by atoms with E-state index in [1.807, 2.05) is 0 Å². The highest BCUT2D eigenvalue weighted by atomic mass is 16.6. The zero-order valence-electron chi connectivity index (χ0n) is 11.3. The summed E-state index contributed by atoms with van der Waals surface area (Å²) in [6.07, 6.45) is 4.29. The fourth-order valence-corrected chi connectivity index (χ4v) is 2.00. The molecule has 0 saturated heterocycles. The number of rotatable bonds is 5. The normalized spacial score (nSPS) is 24.5. The molecule has 1 aliphatic carbocycles. The first-order valence-corrected chi connectivity index (χ1v) is 6.48. The highest BCUT2D eigenvalue weighted by molar-refractivity contribution is 6.63. The van der Waals surface area contributed by atoms with Crippen LogP contribution in [0.1, 0.15) is 46.5 Å². The number of ketones is 1. The lowest BCUT2D eigenvalue weighted by atomic mass is 9.88. The fraction of sp³-hybridized carbons (Fsp3) is 0.769. The van der Waals surface area contributed by atoms with Gasteiger partial charge >= 0.3 is 5.97 Å². The number of Topliss-reactive ketones (excluding diaryl/α,β-unsaturated/α-hetero) is 1. The van der Waals surface area contributed by atoms with Gasteiger partial charge < -0.3 is 9.57 Å². The number of carbonyl (C=O) groups is 2. The Hall–Kier alpha value is -1.39. The molecule has 0 aromatic carbocycles. The van der Waals surface area contributed by atoms with Crippen molar-refractivity contribution in [1.82, 2.24) is 0 Å². The Morgan fingerprint density at radius 3 is 2.50 bits per heavy atom. The number of hydrogen-bond donors (Lipinski definition) is 0. The SMILES string of the molecule is CCOC(=O)/C(=N/O[C@@H]1CCCC[C@@H]1C)C(C)=O. The van der Waals surface area contributed by atoms with Gasteiger partial charge in [0.15, 0.2) is 5.78 Å². The molecule has 5 nitrogen and oxygen atoms in total. The molecule has 0 aromatic heterocycles. The summed E-state index contributed by atoms with van der Waals surface area (Å²) in [4.78, 5) is 28.1. The molecule has 0 spiro atoms. The third-order valence-electron chi connectivity index (χ3n) is 3.11. The van der Waals surface area contributed by atoms with Crippen molar-refractivity contribution in [2.24, 2.45) is 11.1 Å². The molecule has 1 rings (SSSR count). The van der Waals surface area contributed by atoms with Gasteiger partial charge in [0.2, 0.25) is 5.71 Å². The average molecular weight is 255 g/mol. The van der Waals surface area contributed by atoms with Crippen LogP contribution < -0.4 is 0 Å². The summed E-state index contributed by atoms with van der Waals surface area (Å²) in [6, 6.07) is 0. The summed E-state index contributed by atoms with van der Waals surface area (Å²) in [5.41, 5.74) is -0.255. The molecule has 102 valence electrons. The van der Waals surface area contributed by atoms with Crippen LogP contribution in [-0.2, 0) is 19.2 Å². The van der Waals surface area contributed by atoms with Crippen LogP contribution in [-0.4, -0.2) is 30.2 Å². The summed E-state index contributed by atoms with van der Waals surface area (Å²) in [5.74, 6) is -0.747. The Bertz CT molecular complexity index is 338. The van der Waals surface area contributed by atoms with Crippen LogP contribution in [0.15, 0.2) is 5.16 Å². The molecule has 0 amide bonds. The molecule has 0 aliphatic heterocycles. The lowest BCUT2D eigenvalue weighted by molar-refractivity contribution is -0.136. The van der Waals surface area contributed by atoms with Gasteiger partial charge in [-0.1, -0.05) is 18.5 Å². The predicted octanol–water partition coefficient (Wildman–Crippen LogP) is 2.09. The quantitative estimate of drug-likeness (QED) is 0.326. The molecule has 0 aromatic rings. The van der Waals surface area contributed by atoms with Gasteiger partial charge in [0, 0.05) is 6.92 Å². The van der Waals surface area contributed by atoms with Gasteiger partial charge in [-0.15, -0.1) is 0 Å². The van der Waals surface area contributed by atoms with Crippen LogP contribution in [0.3, 0.4) is 0 Å². The number of nitrogens with zero attached hydrogens (tertiary/aromatic N) is 1. The van der Waals surface area contributed by atoms with E-state index < -0.39 is 11.8 Å². The Morgan fingerprint density at radius 1 is 1.28 bits per heavy atom. The first-order chi connectivity index (χ1) is 8.56. The van der Waals surface area contributed by atoms with Crippen molar-refractivity contribution in [3.63, 3.8) is 0 Å². The smallest absolute Gasteiger partial charge is 0.364 e. The van der Waals surface area contributed by atoms with Gasteiger partial charge in [-0.05, 0) is 32.1 Å². The number of hydrogen-bond acceptors (Lipinski definition) is 5. The molecule has 1 saturated carbocycles. The van der Waals surface area contributed by atoms with Gasteiger partial charge in [0.1, 0.15) is 6.10 Å². The zero-order chi connectivity index (χ0) is 13.5. The van der Waals surface area contributed by atoms with Crippen molar-refractivity contribution >= 4 is 17.5 Å². The van der Waals surface area contributed by atoms with E-state index >= 15 is 0 Å². The van der Waals surface area contributed by atoms with Crippen LogP contribution in [0.5, 0.6) is 0 Å². The first kappa shape index (κ1) is 14.7. The van der Waals surface area contributed by atoms with Crippen molar-refractivity contribution in [3.05, 3.63) is 0 Å². The Balaban J connectivity index is 2.65. The molecule has 0 unspecified atom stereocenters. The summed E-state index contributed by atoms with van der Waals surface area (Å²) in [6.45, 7) is 5.27. The molecule has 1 fully saturated rings. The number of oxime groups is 1. The lowest BCUT2D eigenvalue weighted by Crippen LogP contribution is -2.28. The van der Waals surface area contributed by atoms with E-state index in [9.17, 15) is 9.59 Å². The molecule has 0 radical (unpaired) electrons. The topological polar surface area (TPSA) is 65.0 Å². The van der Waals surface area contributed by atoms with E-state index in [1.165, 1.54) is 13.3 Å². The minimum absolute atomic E-state index is 0.0115. The summed E-state index contributed by atoms with van der Waals surface area (Å²) >= 11 is 0. The third kappa shape index (κ3) is 4.13. The lowest BCUT2D eigenvalue weighted by Gasteiger charge is -2.26. The Kier molecular flexibility index (Phi) is 5.82. The zero-order valence-corrected chi connectivity index (χ0v) is 11.3. The number of esters is 1. The van der Waals surface area contributed by atoms with Crippen molar-refractivity contribution in [2.75, 3.05) is 6.61 Å². The highest BCUT2D eigenvalue weighted by Gasteiger charge is 2.25. The van der Waals surface area contributed by atoms with Gasteiger partial charge in [-0.2, -0.15) is 0 Å². The largest absolute Gasteiger partial charge is 0.461 e. The van der Waals surface area contributed by atoms with E-state index in [-0.39, 0.29) is 18.4 Å². The highest BCUT2D eigenvalue weighted by Crippen LogP contribution is 2.26. The number of ether oxygens (including phenoxy) is 1. The second-order valence-electron chi connectivity index (χ2n) is 4.62. The standard InChI is InChI=1S/C13H21NO4/c1-4-17-13(16)12(10(3)15)14-18-11-8-6-5-7-9(11)2/h9,11H,4-8H2,1-3H3/b14-12+/t9-,11+/m0/s1. The van der Waals surface area contributed by atoms with Gasteiger partial charge in [-0.3, -0.25) is 4.79 Å². The summed E-state index contributed by atoms with van der Waals surface area (Å²) < 4.78 is 4.76. The van der Waals surface area contributed by atoms with Crippen LogP contribution >= 0.6 is 0 Å². The van der Waals surface area contributed by atoms with Crippen molar-refractivity contribution in [1.29, 1.82) is 0 Å². The number of carbonyl (C=O) groups excluding carboxylic acids is 2. The molecule has 18 heavy (non-hydrogen) atoms. The van der Waals surface area contributed by atoms with E-state index in [4.69, 9.17) is 9.57 Å². The fourth-order valence-electron chi connectivity index (χ4n) is 2.00. The monoisotopic (exact) mass is 255 g/mol. The first-order valence-electron chi connectivity index (χ1n) is 6.48. The third-order valence-corrected chi connectivity index (χ3v) is 3.11. The van der Waals surface area contributed by atoms with E-state index in [2.05, 4.69) is 12.1 Å². The molecule has 0 heterocycles. The molecule has 2 atom stereocenters. The molecular formula is C13H21NO4. The van der Waals surface area contributed by atoms with Crippen molar-refractivity contribution in [2.45, 2.75) is 52.6 Å². The second-order valence-corrected chi connectivity index (χ2v) is 4.62. The molecule has 0 N–H and O–H groups in total. The maximum absolute atomic E-state index is 11.5. The molecule has 5 heteroatoms. The minimum atomic E-state index is -0.714. The minimum Gasteiger partial charge on any atom is -0.461 e. The van der Waals surface area contributed by atoms with Gasteiger partial charge in [-0.25, -0.2) is 4.79 Å². The predicted molar refractivity (Wildman–Crippen MR) is 67.3 cm³/mol. The van der Waals surface area contributed by atoms with Crippen molar-refractivity contribution in [3.8, 4) is 0 Å². The van der Waals surface area contributed by atoms with Crippen LogP contribution in [0.25, 0.3) is 0 Å². The second kappa shape index (κ2) is 7.13. The van der Waals surface area contributed by atoms with Gasteiger partial charge in [0.05, 0.1) is 6.61 Å².